The predicted molar refractivity (Wildman–Crippen MR) is 136 cm³/mol. The van der Waals surface area contributed by atoms with Crippen LogP contribution in [-0.2, 0) is 11.4 Å². The molecule has 1 amide bonds. The predicted octanol–water partition coefficient (Wildman–Crippen LogP) is 6.57. The van der Waals surface area contributed by atoms with Crippen LogP contribution < -0.4 is 10.1 Å². The number of nitrogens with one attached hydrogen (secondary N) is 1. The second-order valence-electron chi connectivity index (χ2n) is 7.44. The Kier molecular flexibility index (Phi) is 5.75. The van der Waals surface area contributed by atoms with Gasteiger partial charge in [0.1, 0.15) is 16.7 Å². The smallest absolute Gasteiger partial charge is 0.263 e. The SMILES string of the molecule is O=C1NC(=S)SC1=Cc1cc2ccccc2cc1OCc1ccc(-c2ccccc2)cc1. The van der Waals surface area contributed by atoms with Crippen LogP contribution in [-0.4, -0.2) is 10.2 Å². The number of amides is 1. The third-order valence-electron chi connectivity index (χ3n) is 5.26. The monoisotopic (exact) mass is 453 g/mol. The highest BCUT2D eigenvalue weighted by molar-refractivity contribution is 8.26. The normalized spacial score (nSPS) is 14.7. The number of carbonyl (C=O) groups is 1. The summed E-state index contributed by atoms with van der Waals surface area (Å²) in [4.78, 5) is 12.7. The highest BCUT2D eigenvalue weighted by Gasteiger charge is 2.22. The summed E-state index contributed by atoms with van der Waals surface area (Å²) in [5, 5.41) is 4.84. The Morgan fingerprint density at radius 2 is 1.50 bits per heavy atom. The standard InChI is InChI=1S/C27H19NO2S2/c29-26-25(32-27(31)28-26)16-23-14-21-8-4-5-9-22(21)15-24(23)30-17-18-10-12-20(13-11-18)19-6-2-1-3-7-19/h1-16H,17H2,(H,28,29,31). The summed E-state index contributed by atoms with van der Waals surface area (Å²) in [7, 11) is 0. The van der Waals surface area contributed by atoms with Gasteiger partial charge in [-0.25, -0.2) is 0 Å². The molecule has 0 spiro atoms. The molecule has 5 rings (SSSR count). The van der Waals surface area contributed by atoms with E-state index in [4.69, 9.17) is 17.0 Å². The first-order chi connectivity index (χ1) is 15.7. The molecular formula is C27H19NO2S2. The molecule has 5 heteroatoms. The molecule has 1 heterocycles. The molecular weight excluding hydrogens is 434 g/mol. The maximum absolute atomic E-state index is 12.2. The molecule has 0 atom stereocenters. The highest BCUT2D eigenvalue weighted by Crippen LogP contribution is 2.33. The third-order valence-corrected chi connectivity index (χ3v) is 6.42. The number of ether oxygens (including phenoxy) is 1. The zero-order chi connectivity index (χ0) is 21.9. The van der Waals surface area contributed by atoms with Gasteiger partial charge in [0.15, 0.2) is 0 Å². The van der Waals surface area contributed by atoms with Crippen LogP contribution in [0, 0.1) is 0 Å². The number of thioether (sulfide) groups is 1. The number of carbonyl (C=O) groups excluding carboxylic acids is 1. The topological polar surface area (TPSA) is 38.3 Å². The van der Waals surface area contributed by atoms with Crippen molar-refractivity contribution in [3.05, 3.63) is 107 Å². The van der Waals surface area contributed by atoms with Crippen molar-refractivity contribution in [3.8, 4) is 16.9 Å². The van der Waals surface area contributed by atoms with Gasteiger partial charge in [-0.1, -0.05) is 103 Å². The van der Waals surface area contributed by atoms with Crippen LogP contribution >= 0.6 is 24.0 Å². The Labute approximate surface area is 196 Å². The molecule has 0 radical (unpaired) electrons. The molecule has 0 aromatic heterocycles. The molecule has 1 aliphatic rings. The number of hydrogen-bond acceptors (Lipinski definition) is 4. The van der Waals surface area contributed by atoms with E-state index >= 15 is 0 Å². The van der Waals surface area contributed by atoms with Crippen LogP contribution in [0.1, 0.15) is 11.1 Å². The summed E-state index contributed by atoms with van der Waals surface area (Å²) < 4.78 is 6.71. The average molecular weight is 454 g/mol. The van der Waals surface area contributed by atoms with Gasteiger partial charge in [-0.3, -0.25) is 4.79 Å². The Bertz CT molecular complexity index is 1350. The molecule has 4 aromatic rings. The summed E-state index contributed by atoms with van der Waals surface area (Å²) >= 11 is 6.39. The van der Waals surface area contributed by atoms with Crippen molar-refractivity contribution in [1.82, 2.24) is 5.32 Å². The van der Waals surface area contributed by atoms with Gasteiger partial charge in [0.2, 0.25) is 0 Å². The number of rotatable bonds is 5. The Balaban J connectivity index is 1.42. The molecule has 4 aromatic carbocycles. The van der Waals surface area contributed by atoms with Crippen LogP contribution in [0.4, 0.5) is 0 Å². The van der Waals surface area contributed by atoms with Crippen molar-refractivity contribution < 1.29 is 9.53 Å². The van der Waals surface area contributed by atoms with Gasteiger partial charge in [-0.2, -0.15) is 0 Å². The molecule has 0 bridgehead atoms. The summed E-state index contributed by atoms with van der Waals surface area (Å²) in [6.07, 6.45) is 1.85. The van der Waals surface area contributed by atoms with E-state index in [0.29, 0.717) is 15.8 Å². The molecule has 0 aliphatic carbocycles. The number of hydrogen-bond donors (Lipinski definition) is 1. The zero-order valence-electron chi connectivity index (χ0n) is 17.1. The van der Waals surface area contributed by atoms with Gasteiger partial charge in [-0.05, 0) is 45.7 Å². The maximum Gasteiger partial charge on any atom is 0.263 e. The lowest BCUT2D eigenvalue weighted by Crippen LogP contribution is -2.17. The van der Waals surface area contributed by atoms with Crippen LogP contribution in [0.25, 0.3) is 28.0 Å². The Morgan fingerprint density at radius 1 is 0.844 bits per heavy atom. The number of fused-ring (bicyclic) bond motifs is 1. The lowest BCUT2D eigenvalue weighted by molar-refractivity contribution is -0.115. The van der Waals surface area contributed by atoms with E-state index in [1.807, 2.05) is 48.5 Å². The van der Waals surface area contributed by atoms with E-state index in [-0.39, 0.29) is 5.91 Å². The summed E-state index contributed by atoms with van der Waals surface area (Å²) in [6.45, 7) is 0.432. The van der Waals surface area contributed by atoms with E-state index in [1.54, 1.807) is 0 Å². The second-order valence-corrected chi connectivity index (χ2v) is 9.16. The van der Waals surface area contributed by atoms with Crippen molar-refractivity contribution in [2.75, 3.05) is 0 Å². The van der Waals surface area contributed by atoms with Gasteiger partial charge in [0, 0.05) is 5.56 Å². The number of thiocarbonyl (C=S) groups is 1. The van der Waals surface area contributed by atoms with E-state index in [9.17, 15) is 4.79 Å². The van der Waals surface area contributed by atoms with Crippen LogP contribution in [0.2, 0.25) is 0 Å². The van der Waals surface area contributed by atoms with Crippen molar-refractivity contribution in [1.29, 1.82) is 0 Å². The minimum absolute atomic E-state index is 0.171. The Hall–Kier alpha value is -3.41. The quantitative estimate of drug-likeness (QED) is 0.274. The molecule has 0 unspecified atom stereocenters. The second kappa shape index (κ2) is 8.99. The van der Waals surface area contributed by atoms with Gasteiger partial charge >= 0.3 is 0 Å². The van der Waals surface area contributed by atoms with Gasteiger partial charge in [0.05, 0.1) is 4.91 Å². The summed E-state index contributed by atoms with van der Waals surface area (Å²) in [5.74, 6) is 0.560. The molecule has 1 fully saturated rings. The van der Waals surface area contributed by atoms with Crippen molar-refractivity contribution >= 4 is 51.1 Å². The molecule has 32 heavy (non-hydrogen) atoms. The first kappa shape index (κ1) is 20.5. The van der Waals surface area contributed by atoms with E-state index in [0.717, 1.165) is 27.6 Å². The fourth-order valence-electron chi connectivity index (χ4n) is 3.62. The summed E-state index contributed by atoms with van der Waals surface area (Å²) in [6, 6.07) is 30.9. The third kappa shape index (κ3) is 4.44. The van der Waals surface area contributed by atoms with Gasteiger partial charge in [-0.15, -0.1) is 0 Å². The maximum atomic E-state index is 12.2. The van der Waals surface area contributed by atoms with Crippen molar-refractivity contribution in [2.45, 2.75) is 6.61 Å². The van der Waals surface area contributed by atoms with Gasteiger partial charge < -0.3 is 10.1 Å². The minimum Gasteiger partial charge on any atom is -0.488 e. The van der Waals surface area contributed by atoms with Crippen molar-refractivity contribution in [2.24, 2.45) is 0 Å². The minimum atomic E-state index is -0.171. The zero-order valence-corrected chi connectivity index (χ0v) is 18.7. The average Bonchev–Trinajstić information content (AvgIpc) is 3.15. The van der Waals surface area contributed by atoms with Crippen LogP contribution in [0.5, 0.6) is 5.75 Å². The summed E-state index contributed by atoms with van der Waals surface area (Å²) in [5.41, 5.74) is 4.29. The number of benzene rings is 4. The molecule has 1 N–H and O–H groups in total. The molecule has 3 nitrogen and oxygen atoms in total. The molecule has 0 saturated carbocycles. The van der Waals surface area contributed by atoms with E-state index < -0.39 is 0 Å². The molecule has 156 valence electrons. The fraction of sp³-hybridized carbons (Fsp3) is 0.0370. The van der Waals surface area contributed by atoms with E-state index in [1.165, 1.54) is 22.9 Å². The first-order valence-electron chi connectivity index (χ1n) is 10.2. The van der Waals surface area contributed by atoms with Crippen molar-refractivity contribution in [3.63, 3.8) is 0 Å². The highest BCUT2D eigenvalue weighted by atomic mass is 32.2. The largest absolute Gasteiger partial charge is 0.488 e. The van der Waals surface area contributed by atoms with E-state index in [2.05, 4.69) is 53.8 Å². The first-order valence-corrected chi connectivity index (χ1v) is 11.4. The lowest BCUT2D eigenvalue weighted by Gasteiger charge is -2.12. The molecule has 1 saturated heterocycles. The van der Waals surface area contributed by atoms with Gasteiger partial charge in [0.25, 0.3) is 5.91 Å². The fourth-order valence-corrected chi connectivity index (χ4v) is 4.66. The van der Waals surface area contributed by atoms with Crippen LogP contribution in [0.15, 0.2) is 95.9 Å². The molecule has 1 aliphatic heterocycles. The van der Waals surface area contributed by atoms with Crippen LogP contribution in [0.3, 0.4) is 0 Å². The lowest BCUT2D eigenvalue weighted by atomic mass is 10.0. The Morgan fingerprint density at radius 3 is 2.19 bits per heavy atom.